The summed E-state index contributed by atoms with van der Waals surface area (Å²) in [5.41, 5.74) is 1.77. The number of piperidine rings is 1. The largest absolute Gasteiger partial charge is 0.344 e. The van der Waals surface area contributed by atoms with Crippen molar-refractivity contribution in [2.24, 2.45) is 11.8 Å². The minimum absolute atomic E-state index is 0.0186. The highest BCUT2D eigenvalue weighted by molar-refractivity contribution is 6.30. The van der Waals surface area contributed by atoms with Crippen LogP contribution < -0.4 is 0 Å². The van der Waals surface area contributed by atoms with Crippen molar-refractivity contribution in [1.29, 1.82) is 0 Å². The second kappa shape index (κ2) is 8.63. The summed E-state index contributed by atoms with van der Waals surface area (Å²) in [6, 6.07) is 7.89. The van der Waals surface area contributed by atoms with Gasteiger partial charge in [-0.05, 0) is 48.8 Å². The van der Waals surface area contributed by atoms with Crippen molar-refractivity contribution in [3.63, 3.8) is 0 Å². The molecule has 1 aromatic carbocycles. The number of hydrogen-bond donors (Lipinski definition) is 0. The average Bonchev–Trinajstić information content (AvgIpc) is 3.50. The summed E-state index contributed by atoms with van der Waals surface area (Å²) >= 11 is 5.98. The van der Waals surface area contributed by atoms with Gasteiger partial charge < -0.3 is 9.80 Å². The molecule has 2 atom stereocenters. The zero-order valence-corrected chi connectivity index (χ0v) is 18.4. The zero-order chi connectivity index (χ0) is 21.4. The van der Waals surface area contributed by atoms with Crippen LogP contribution in [0.25, 0.3) is 0 Å². The second-order valence-electron chi connectivity index (χ2n) is 9.05. The lowest BCUT2D eigenvalue weighted by molar-refractivity contribution is 0.0724. The topological polar surface area (TPSA) is 61.7 Å². The average molecular weight is 442 g/mol. The normalized spacial score (nSPS) is 23.9. The van der Waals surface area contributed by atoms with Crippen molar-refractivity contribution in [3.8, 4) is 0 Å². The molecular formula is C23H28ClN5O2. The van der Waals surface area contributed by atoms with E-state index in [-0.39, 0.29) is 11.9 Å². The number of benzene rings is 1. The number of amides is 2. The van der Waals surface area contributed by atoms with Gasteiger partial charge in [0, 0.05) is 57.0 Å². The monoisotopic (exact) mass is 441 g/mol. The number of carbonyl (C=O) groups is 2. The van der Waals surface area contributed by atoms with Crippen LogP contribution in [0.1, 0.15) is 35.2 Å². The van der Waals surface area contributed by atoms with Gasteiger partial charge in [0.05, 0.1) is 11.8 Å². The Bertz CT molecular complexity index is 939. The number of rotatable bonds is 3. The Balaban J connectivity index is 1.16. The molecule has 0 saturated carbocycles. The van der Waals surface area contributed by atoms with Crippen molar-refractivity contribution in [1.82, 2.24) is 24.5 Å². The van der Waals surface area contributed by atoms with Crippen LogP contribution in [-0.2, 0) is 6.54 Å². The molecule has 4 heterocycles. The molecule has 164 valence electrons. The fraction of sp³-hybridized carbons (Fsp3) is 0.522. The molecule has 3 aliphatic rings. The fourth-order valence-corrected chi connectivity index (χ4v) is 5.31. The van der Waals surface area contributed by atoms with E-state index in [4.69, 9.17) is 11.6 Å². The lowest BCUT2D eigenvalue weighted by Crippen LogP contribution is -2.36. The van der Waals surface area contributed by atoms with Gasteiger partial charge in [0.1, 0.15) is 0 Å². The summed E-state index contributed by atoms with van der Waals surface area (Å²) in [5.74, 6) is 0.956. The summed E-state index contributed by atoms with van der Waals surface area (Å²) in [6.45, 7) is 5.98. The van der Waals surface area contributed by atoms with E-state index >= 15 is 0 Å². The lowest BCUT2D eigenvalue weighted by atomic mass is 10.0. The number of hydrogen-bond acceptors (Lipinski definition) is 4. The van der Waals surface area contributed by atoms with Gasteiger partial charge in [-0.3, -0.25) is 9.69 Å². The van der Waals surface area contributed by atoms with Gasteiger partial charge in [0.2, 0.25) is 0 Å². The highest BCUT2D eigenvalue weighted by Gasteiger charge is 2.42. The Hall–Kier alpha value is -2.38. The van der Waals surface area contributed by atoms with E-state index in [1.165, 1.54) is 22.9 Å². The minimum atomic E-state index is -0.128. The first-order valence-electron chi connectivity index (χ1n) is 11.2. The van der Waals surface area contributed by atoms with Crippen LogP contribution in [-0.4, -0.2) is 75.7 Å². The van der Waals surface area contributed by atoms with E-state index in [2.05, 4.69) is 22.1 Å². The third-order valence-corrected chi connectivity index (χ3v) is 7.07. The van der Waals surface area contributed by atoms with Crippen LogP contribution in [0, 0.1) is 11.8 Å². The summed E-state index contributed by atoms with van der Waals surface area (Å²) in [6.07, 6.45) is 6.39. The first-order chi connectivity index (χ1) is 15.1. The molecule has 8 heteroatoms. The van der Waals surface area contributed by atoms with Gasteiger partial charge in [0.25, 0.3) is 5.91 Å². The molecule has 2 unspecified atom stereocenters. The molecule has 0 spiro atoms. The van der Waals surface area contributed by atoms with Gasteiger partial charge >= 0.3 is 6.03 Å². The van der Waals surface area contributed by atoms with Crippen LogP contribution in [0.15, 0.2) is 36.7 Å². The second-order valence-corrected chi connectivity index (χ2v) is 9.49. The SMILES string of the molecule is O=C(c1cnn(C(=O)N2CC3CN(Cc4ccc(Cl)cc4)CC3C2)c1)N1CCCCC1. The van der Waals surface area contributed by atoms with E-state index in [0.29, 0.717) is 17.4 Å². The standard InChI is InChI=1S/C23H28ClN5O2/c24-21-6-4-17(5-7-21)11-26-12-19-14-28(15-20(19)13-26)23(31)29-16-18(10-25-29)22(30)27-8-2-1-3-9-27/h4-7,10,16,19-20H,1-3,8-9,11-15H2. The highest BCUT2D eigenvalue weighted by atomic mass is 35.5. The molecule has 3 saturated heterocycles. The molecule has 7 nitrogen and oxygen atoms in total. The highest BCUT2D eigenvalue weighted by Crippen LogP contribution is 2.32. The Kier molecular flexibility index (Phi) is 5.71. The molecule has 3 fully saturated rings. The molecule has 2 amide bonds. The summed E-state index contributed by atoms with van der Waals surface area (Å²) in [5, 5.41) is 4.96. The Morgan fingerprint density at radius 3 is 2.29 bits per heavy atom. The predicted octanol–water partition coefficient (Wildman–Crippen LogP) is 3.19. The maximum atomic E-state index is 13.0. The Labute approximate surface area is 187 Å². The molecule has 1 aromatic heterocycles. The number of nitrogens with zero attached hydrogens (tertiary/aromatic N) is 5. The first kappa shape index (κ1) is 20.5. The van der Waals surface area contributed by atoms with Crippen LogP contribution in [0.4, 0.5) is 4.79 Å². The first-order valence-corrected chi connectivity index (χ1v) is 11.5. The maximum absolute atomic E-state index is 13.0. The fourth-order valence-electron chi connectivity index (χ4n) is 5.19. The quantitative estimate of drug-likeness (QED) is 0.733. The number of likely N-dealkylation sites (tertiary alicyclic amines) is 3. The van der Waals surface area contributed by atoms with Gasteiger partial charge in [-0.25, -0.2) is 4.79 Å². The number of fused-ring (bicyclic) bond motifs is 1. The van der Waals surface area contributed by atoms with Gasteiger partial charge in [0.15, 0.2) is 0 Å². The number of aromatic nitrogens is 2. The smallest absolute Gasteiger partial charge is 0.339 e. The molecule has 5 rings (SSSR count). The van der Waals surface area contributed by atoms with Gasteiger partial charge in [-0.15, -0.1) is 0 Å². The van der Waals surface area contributed by atoms with Crippen LogP contribution in [0.2, 0.25) is 5.02 Å². The summed E-state index contributed by atoms with van der Waals surface area (Å²) in [7, 11) is 0. The van der Waals surface area contributed by atoms with Gasteiger partial charge in [-0.2, -0.15) is 9.78 Å². The van der Waals surface area contributed by atoms with E-state index < -0.39 is 0 Å². The van der Waals surface area contributed by atoms with Crippen LogP contribution in [0.5, 0.6) is 0 Å². The van der Waals surface area contributed by atoms with Crippen LogP contribution in [0.3, 0.4) is 0 Å². The van der Waals surface area contributed by atoms with Crippen molar-refractivity contribution < 1.29 is 9.59 Å². The van der Waals surface area contributed by atoms with E-state index in [1.807, 2.05) is 21.9 Å². The number of carbonyl (C=O) groups excluding carboxylic acids is 2. The van der Waals surface area contributed by atoms with Crippen molar-refractivity contribution >= 4 is 23.5 Å². The molecule has 3 aliphatic heterocycles. The van der Waals surface area contributed by atoms with Crippen molar-refractivity contribution in [2.75, 3.05) is 39.3 Å². The van der Waals surface area contributed by atoms with E-state index in [0.717, 1.165) is 63.7 Å². The summed E-state index contributed by atoms with van der Waals surface area (Å²) < 4.78 is 1.34. The predicted molar refractivity (Wildman–Crippen MR) is 118 cm³/mol. The van der Waals surface area contributed by atoms with Crippen LogP contribution >= 0.6 is 11.6 Å². The molecule has 0 N–H and O–H groups in total. The maximum Gasteiger partial charge on any atom is 0.344 e. The lowest BCUT2D eigenvalue weighted by Gasteiger charge is -2.26. The van der Waals surface area contributed by atoms with Crippen molar-refractivity contribution in [2.45, 2.75) is 25.8 Å². The van der Waals surface area contributed by atoms with E-state index in [1.54, 1.807) is 6.20 Å². The summed E-state index contributed by atoms with van der Waals surface area (Å²) in [4.78, 5) is 31.8. The zero-order valence-electron chi connectivity index (χ0n) is 17.6. The van der Waals surface area contributed by atoms with E-state index in [9.17, 15) is 9.59 Å². The Morgan fingerprint density at radius 1 is 0.935 bits per heavy atom. The number of halogens is 1. The third kappa shape index (κ3) is 4.34. The molecule has 2 aromatic rings. The Morgan fingerprint density at radius 2 is 1.61 bits per heavy atom. The molecule has 0 aliphatic carbocycles. The van der Waals surface area contributed by atoms with Crippen molar-refractivity contribution in [3.05, 3.63) is 52.8 Å². The molecule has 0 radical (unpaired) electrons. The molecular weight excluding hydrogens is 414 g/mol. The molecule has 31 heavy (non-hydrogen) atoms. The third-order valence-electron chi connectivity index (χ3n) is 6.82. The molecule has 0 bridgehead atoms. The minimum Gasteiger partial charge on any atom is -0.339 e. The van der Waals surface area contributed by atoms with Gasteiger partial charge in [-0.1, -0.05) is 23.7 Å².